The molecular formula is C20H23N3O5S. The minimum absolute atomic E-state index is 0.335. The molecule has 0 spiro atoms. The molecule has 9 heteroatoms. The molecule has 1 amide bonds. The van der Waals surface area contributed by atoms with Crippen molar-refractivity contribution >= 4 is 16.3 Å². The first-order valence-electron chi connectivity index (χ1n) is 8.73. The molecule has 0 aliphatic carbocycles. The number of carbonyl (C=O) groups excluding carboxylic acids is 1. The minimum atomic E-state index is -4.67. The highest BCUT2D eigenvalue weighted by Crippen LogP contribution is 2.36. The van der Waals surface area contributed by atoms with Crippen LogP contribution in [0.5, 0.6) is 0 Å². The Kier molecular flexibility index (Phi) is 7.27. The summed E-state index contributed by atoms with van der Waals surface area (Å²) in [6.07, 6.45) is 4.27. The molecule has 2 aromatic carbocycles. The molecule has 0 saturated heterocycles. The number of primary amides is 1. The van der Waals surface area contributed by atoms with Crippen molar-refractivity contribution in [3.05, 3.63) is 90.0 Å². The highest BCUT2D eigenvalue weighted by Gasteiger charge is 2.40. The molecule has 8 nitrogen and oxygen atoms in total. The molecule has 0 radical (unpaired) electrons. The van der Waals surface area contributed by atoms with E-state index in [2.05, 4.69) is 4.98 Å². The molecule has 0 bridgehead atoms. The van der Waals surface area contributed by atoms with Gasteiger partial charge in [0.2, 0.25) is 5.91 Å². The summed E-state index contributed by atoms with van der Waals surface area (Å²) in [6, 6.07) is 19.5. The van der Waals surface area contributed by atoms with E-state index in [0.717, 1.165) is 17.0 Å². The van der Waals surface area contributed by atoms with Crippen LogP contribution < -0.4 is 5.73 Å². The van der Waals surface area contributed by atoms with Gasteiger partial charge in [0.25, 0.3) is 0 Å². The van der Waals surface area contributed by atoms with Crippen LogP contribution in [0.4, 0.5) is 0 Å². The molecule has 0 unspecified atom stereocenters. The van der Waals surface area contributed by atoms with Gasteiger partial charge in [-0.3, -0.25) is 13.9 Å². The SMILES string of the molecule is Cc1nccn1CCC(C(N)=O)(c1ccccc1)c1ccccc1.O=S(=O)(O)O. The molecule has 0 atom stereocenters. The third-order valence-corrected chi connectivity index (χ3v) is 4.61. The summed E-state index contributed by atoms with van der Waals surface area (Å²) in [5, 5.41) is 0. The minimum Gasteiger partial charge on any atom is -0.369 e. The van der Waals surface area contributed by atoms with Crippen LogP contribution in [-0.4, -0.2) is 33.0 Å². The lowest BCUT2D eigenvalue weighted by molar-refractivity contribution is -0.122. The van der Waals surface area contributed by atoms with E-state index in [1.165, 1.54) is 0 Å². The number of aromatic nitrogens is 2. The number of amides is 1. The smallest absolute Gasteiger partial charge is 0.369 e. The molecule has 154 valence electrons. The van der Waals surface area contributed by atoms with Crippen molar-refractivity contribution in [1.82, 2.24) is 9.55 Å². The number of nitrogens with zero attached hydrogens (tertiary/aromatic N) is 2. The normalized spacial score (nSPS) is 11.4. The molecule has 0 aliphatic rings. The summed E-state index contributed by atoms with van der Waals surface area (Å²) in [4.78, 5) is 16.9. The number of aryl methyl sites for hydroxylation is 2. The fraction of sp³-hybridized carbons (Fsp3) is 0.200. The van der Waals surface area contributed by atoms with Crippen LogP contribution in [0.25, 0.3) is 0 Å². The average Bonchev–Trinajstić information content (AvgIpc) is 3.07. The summed E-state index contributed by atoms with van der Waals surface area (Å²) >= 11 is 0. The number of nitrogens with two attached hydrogens (primary N) is 1. The van der Waals surface area contributed by atoms with Crippen LogP contribution in [0.15, 0.2) is 73.1 Å². The lowest BCUT2D eigenvalue weighted by Gasteiger charge is -2.32. The zero-order valence-corrected chi connectivity index (χ0v) is 16.7. The number of benzene rings is 2. The maximum atomic E-state index is 12.7. The van der Waals surface area contributed by atoms with Crippen LogP contribution in [0.1, 0.15) is 23.4 Å². The predicted molar refractivity (Wildman–Crippen MR) is 109 cm³/mol. The second-order valence-electron chi connectivity index (χ2n) is 6.37. The van der Waals surface area contributed by atoms with Crippen molar-refractivity contribution in [2.24, 2.45) is 5.73 Å². The fourth-order valence-electron chi connectivity index (χ4n) is 3.24. The Labute approximate surface area is 169 Å². The molecule has 0 aliphatic heterocycles. The Morgan fingerprint density at radius 2 is 1.48 bits per heavy atom. The van der Waals surface area contributed by atoms with E-state index in [0.29, 0.717) is 13.0 Å². The summed E-state index contributed by atoms with van der Waals surface area (Å²) < 4.78 is 33.6. The van der Waals surface area contributed by atoms with Crippen molar-refractivity contribution < 1.29 is 22.3 Å². The second kappa shape index (κ2) is 9.46. The van der Waals surface area contributed by atoms with Crippen molar-refractivity contribution in [2.75, 3.05) is 0 Å². The monoisotopic (exact) mass is 417 g/mol. The van der Waals surface area contributed by atoms with E-state index in [9.17, 15) is 4.79 Å². The van der Waals surface area contributed by atoms with Crippen LogP contribution in [-0.2, 0) is 27.2 Å². The van der Waals surface area contributed by atoms with Crippen molar-refractivity contribution in [1.29, 1.82) is 0 Å². The summed E-state index contributed by atoms with van der Waals surface area (Å²) in [5.41, 5.74) is 6.92. The molecule has 0 fully saturated rings. The third-order valence-electron chi connectivity index (χ3n) is 4.61. The van der Waals surface area contributed by atoms with E-state index < -0.39 is 15.8 Å². The van der Waals surface area contributed by atoms with E-state index in [1.54, 1.807) is 6.20 Å². The Bertz CT molecular complexity index is 987. The van der Waals surface area contributed by atoms with Crippen LogP contribution in [0, 0.1) is 6.92 Å². The van der Waals surface area contributed by atoms with Crippen LogP contribution in [0.2, 0.25) is 0 Å². The lowest BCUT2D eigenvalue weighted by Crippen LogP contribution is -2.43. The topological polar surface area (TPSA) is 136 Å². The van der Waals surface area contributed by atoms with Gasteiger partial charge in [-0.1, -0.05) is 60.7 Å². The molecule has 1 aromatic heterocycles. The van der Waals surface area contributed by atoms with Gasteiger partial charge in [0.1, 0.15) is 11.2 Å². The Balaban J connectivity index is 0.000000537. The lowest BCUT2D eigenvalue weighted by atomic mass is 9.71. The number of imidazole rings is 1. The Hall–Kier alpha value is -3.01. The van der Waals surface area contributed by atoms with E-state index in [-0.39, 0.29) is 5.91 Å². The zero-order chi connectivity index (χ0) is 21.5. The van der Waals surface area contributed by atoms with E-state index in [4.69, 9.17) is 23.3 Å². The van der Waals surface area contributed by atoms with Gasteiger partial charge in [-0.05, 0) is 24.5 Å². The first-order valence-corrected chi connectivity index (χ1v) is 10.1. The van der Waals surface area contributed by atoms with Gasteiger partial charge in [0.05, 0.1) is 0 Å². The van der Waals surface area contributed by atoms with Gasteiger partial charge in [-0.25, -0.2) is 4.98 Å². The molecule has 3 rings (SSSR count). The van der Waals surface area contributed by atoms with Gasteiger partial charge >= 0.3 is 10.4 Å². The second-order valence-corrected chi connectivity index (χ2v) is 7.26. The first kappa shape index (κ1) is 22.3. The molecule has 1 heterocycles. The quantitative estimate of drug-likeness (QED) is 0.527. The van der Waals surface area contributed by atoms with Crippen LogP contribution in [0.3, 0.4) is 0 Å². The maximum absolute atomic E-state index is 12.7. The van der Waals surface area contributed by atoms with Crippen molar-refractivity contribution in [3.8, 4) is 0 Å². The Morgan fingerprint density at radius 3 is 1.83 bits per heavy atom. The third kappa shape index (κ3) is 5.98. The highest BCUT2D eigenvalue weighted by atomic mass is 32.3. The number of carbonyl (C=O) groups is 1. The Morgan fingerprint density at radius 1 is 1.03 bits per heavy atom. The standard InChI is InChI=1S/C20H21N3O.H2O4S/c1-16-22-13-15-23(16)14-12-20(19(21)24,17-8-4-2-5-9-17)18-10-6-3-7-11-18;1-5(2,3)4/h2-11,13,15H,12,14H2,1H3,(H2,21,24);(H2,1,2,3,4). The highest BCUT2D eigenvalue weighted by molar-refractivity contribution is 7.79. The van der Waals surface area contributed by atoms with Crippen molar-refractivity contribution in [3.63, 3.8) is 0 Å². The summed E-state index contributed by atoms with van der Waals surface area (Å²) in [7, 11) is -4.67. The van der Waals surface area contributed by atoms with Gasteiger partial charge in [0.15, 0.2) is 0 Å². The summed E-state index contributed by atoms with van der Waals surface area (Å²) in [6.45, 7) is 2.62. The summed E-state index contributed by atoms with van der Waals surface area (Å²) in [5.74, 6) is 0.590. The molecule has 0 saturated carbocycles. The van der Waals surface area contributed by atoms with Gasteiger partial charge in [-0.2, -0.15) is 8.42 Å². The maximum Gasteiger partial charge on any atom is 0.394 e. The first-order chi connectivity index (χ1) is 13.6. The van der Waals surface area contributed by atoms with Crippen molar-refractivity contribution in [2.45, 2.75) is 25.3 Å². The predicted octanol–water partition coefficient (Wildman–Crippen LogP) is 2.40. The fourth-order valence-corrected chi connectivity index (χ4v) is 3.24. The number of hydrogen-bond donors (Lipinski definition) is 3. The average molecular weight is 417 g/mol. The molecule has 4 N–H and O–H groups in total. The zero-order valence-electron chi connectivity index (χ0n) is 15.8. The molecule has 3 aromatic rings. The van der Waals surface area contributed by atoms with E-state index in [1.807, 2.05) is 78.4 Å². The van der Waals surface area contributed by atoms with Crippen LogP contribution >= 0.6 is 0 Å². The molecular weight excluding hydrogens is 394 g/mol. The molecule has 29 heavy (non-hydrogen) atoms. The van der Waals surface area contributed by atoms with E-state index >= 15 is 0 Å². The van der Waals surface area contributed by atoms with Gasteiger partial charge in [0, 0.05) is 18.9 Å². The number of hydrogen-bond acceptors (Lipinski definition) is 4. The number of rotatable bonds is 6. The largest absolute Gasteiger partial charge is 0.394 e. The van der Waals surface area contributed by atoms with Gasteiger partial charge < -0.3 is 10.3 Å². The van der Waals surface area contributed by atoms with Gasteiger partial charge in [-0.15, -0.1) is 0 Å².